The molecule has 6 heteroatoms. The van der Waals surface area contributed by atoms with Gasteiger partial charge in [0.25, 0.3) is 5.91 Å². The van der Waals surface area contributed by atoms with Crippen molar-refractivity contribution in [1.82, 2.24) is 9.80 Å². The number of piperazine rings is 1. The molecule has 0 aromatic heterocycles. The van der Waals surface area contributed by atoms with Gasteiger partial charge in [-0.15, -0.1) is 0 Å². The van der Waals surface area contributed by atoms with Crippen LogP contribution in [-0.4, -0.2) is 55.0 Å². The minimum absolute atomic E-state index is 0.151. The molecule has 1 fully saturated rings. The van der Waals surface area contributed by atoms with Gasteiger partial charge in [-0.2, -0.15) is 0 Å². The maximum Gasteiger partial charge on any atom is 0.254 e. The quantitative estimate of drug-likeness (QED) is 0.835. The number of para-hydroxylation sites is 1. The van der Waals surface area contributed by atoms with E-state index in [1.165, 1.54) is 18.2 Å². The van der Waals surface area contributed by atoms with Crippen LogP contribution in [0.5, 0.6) is 5.75 Å². The molecule has 0 unspecified atom stereocenters. The molecule has 0 saturated carbocycles. The van der Waals surface area contributed by atoms with Gasteiger partial charge in [-0.1, -0.05) is 18.2 Å². The number of amides is 1. The molecule has 1 amide bonds. The van der Waals surface area contributed by atoms with Crippen molar-refractivity contribution in [3.63, 3.8) is 0 Å². The van der Waals surface area contributed by atoms with E-state index in [1.807, 2.05) is 0 Å². The molecule has 1 aliphatic heterocycles. The third-order valence-electron chi connectivity index (χ3n) is 4.23. The van der Waals surface area contributed by atoms with Gasteiger partial charge in [0.1, 0.15) is 12.4 Å². The van der Waals surface area contributed by atoms with E-state index in [0.29, 0.717) is 44.9 Å². The fourth-order valence-corrected chi connectivity index (χ4v) is 2.83. The van der Waals surface area contributed by atoms with Gasteiger partial charge >= 0.3 is 0 Å². The summed E-state index contributed by atoms with van der Waals surface area (Å²) >= 11 is 0. The largest absolute Gasteiger partial charge is 0.489 e. The number of rotatable bonds is 5. The minimum Gasteiger partial charge on any atom is -0.489 e. The zero-order valence-electron chi connectivity index (χ0n) is 13.8. The van der Waals surface area contributed by atoms with Crippen molar-refractivity contribution in [2.24, 2.45) is 0 Å². The first-order chi connectivity index (χ1) is 12.1. The molecule has 0 N–H and O–H groups in total. The predicted octanol–water partition coefficient (Wildman–Crippen LogP) is 2.80. The standard InChI is InChI=1S/C19H20F2N2O2/c20-16-5-3-4-15(14-16)19(24)23-10-8-22(9-11-23)12-13-25-18-7-2-1-6-17(18)21/h1-7,14H,8-13H2. The molecule has 132 valence electrons. The first-order valence-electron chi connectivity index (χ1n) is 8.28. The number of nitrogens with zero attached hydrogens (tertiary/aromatic N) is 2. The van der Waals surface area contributed by atoms with Gasteiger partial charge in [-0.05, 0) is 30.3 Å². The molecule has 0 bridgehead atoms. The smallest absolute Gasteiger partial charge is 0.254 e. The van der Waals surface area contributed by atoms with Crippen molar-refractivity contribution >= 4 is 5.91 Å². The summed E-state index contributed by atoms with van der Waals surface area (Å²) in [7, 11) is 0. The summed E-state index contributed by atoms with van der Waals surface area (Å²) in [6.45, 7) is 3.63. The number of carbonyl (C=O) groups is 1. The lowest BCUT2D eigenvalue weighted by Crippen LogP contribution is -2.49. The topological polar surface area (TPSA) is 32.8 Å². The van der Waals surface area contributed by atoms with Crippen LogP contribution in [0.4, 0.5) is 8.78 Å². The van der Waals surface area contributed by atoms with Gasteiger partial charge < -0.3 is 9.64 Å². The number of carbonyl (C=O) groups excluding carboxylic acids is 1. The highest BCUT2D eigenvalue weighted by molar-refractivity contribution is 5.94. The van der Waals surface area contributed by atoms with Gasteiger partial charge in [0.2, 0.25) is 0 Å². The van der Waals surface area contributed by atoms with E-state index < -0.39 is 5.82 Å². The summed E-state index contributed by atoms with van der Waals surface area (Å²) < 4.78 is 32.2. The molecule has 4 nitrogen and oxygen atoms in total. The van der Waals surface area contributed by atoms with Gasteiger partial charge in [0.05, 0.1) is 0 Å². The first-order valence-corrected chi connectivity index (χ1v) is 8.28. The Kier molecular flexibility index (Phi) is 5.60. The second-order valence-electron chi connectivity index (χ2n) is 5.92. The average molecular weight is 346 g/mol. The third-order valence-corrected chi connectivity index (χ3v) is 4.23. The van der Waals surface area contributed by atoms with Crippen LogP contribution < -0.4 is 4.74 Å². The molecule has 0 spiro atoms. The lowest BCUT2D eigenvalue weighted by Gasteiger charge is -2.34. The van der Waals surface area contributed by atoms with Crippen molar-refractivity contribution in [1.29, 1.82) is 0 Å². The van der Waals surface area contributed by atoms with Crippen LogP contribution in [0, 0.1) is 11.6 Å². The fraction of sp³-hybridized carbons (Fsp3) is 0.316. The molecule has 25 heavy (non-hydrogen) atoms. The van der Waals surface area contributed by atoms with Crippen LogP contribution in [0.1, 0.15) is 10.4 Å². The third kappa shape index (κ3) is 4.54. The van der Waals surface area contributed by atoms with Crippen LogP contribution in [0.3, 0.4) is 0 Å². The number of benzene rings is 2. The summed E-state index contributed by atoms with van der Waals surface area (Å²) in [5.74, 6) is -0.674. The second-order valence-corrected chi connectivity index (χ2v) is 5.92. The van der Waals surface area contributed by atoms with E-state index in [9.17, 15) is 13.6 Å². The fourth-order valence-electron chi connectivity index (χ4n) is 2.83. The number of halogens is 2. The van der Waals surface area contributed by atoms with Crippen molar-refractivity contribution in [3.8, 4) is 5.75 Å². The molecular formula is C19H20F2N2O2. The van der Waals surface area contributed by atoms with Crippen LogP contribution in [0.25, 0.3) is 0 Å². The van der Waals surface area contributed by atoms with Crippen LogP contribution in [-0.2, 0) is 0 Å². The zero-order valence-corrected chi connectivity index (χ0v) is 13.8. The Morgan fingerprint density at radius 3 is 2.48 bits per heavy atom. The van der Waals surface area contributed by atoms with Gasteiger partial charge in [-0.25, -0.2) is 8.78 Å². The van der Waals surface area contributed by atoms with E-state index in [-0.39, 0.29) is 17.5 Å². The summed E-state index contributed by atoms with van der Waals surface area (Å²) in [6, 6.07) is 12.1. The molecule has 1 heterocycles. The zero-order chi connectivity index (χ0) is 17.6. The van der Waals surface area contributed by atoms with Gasteiger partial charge in [-0.3, -0.25) is 9.69 Å². The van der Waals surface area contributed by atoms with Crippen LogP contribution >= 0.6 is 0 Å². The van der Waals surface area contributed by atoms with Crippen molar-refractivity contribution in [3.05, 3.63) is 65.7 Å². The first kappa shape index (κ1) is 17.4. The van der Waals surface area contributed by atoms with Crippen molar-refractivity contribution in [2.45, 2.75) is 0 Å². The van der Waals surface area contributed by atoms with E-state index in [0.717, 1.165) is 0 Å². The van der Waals surface area contributed by atoms with Crippen molar-refractivity contribution in [2.75, 3.05) is 39.3 Å². The van der Waals surface area contributed by atoms with Crippen molar-refractivity contribution < 1.29 is 18.3 Å². The second kappa shape index (κ2) is 8.07. The molecule has 0 radical (unpaired) electrons. The molecular weight excluding hydrogens is 326 g/mol. The van der Waals surface area contributed by atoms with Crippen LogP contribution in [0.2, 0.25) is 0 Å². The Hall–Kier alpha value is -2.47. The molecule has 1 saturated heterocycles. The Morgan fingerprint density at radius 2 is 1.76 bits per heavy atom. The lowest BCUT2D eigenvalue weighted by molar-refractivity contribution is 0.0619. The Balaban J connectivity index is 1.44. The summed E-state index contributed by atoms with van der Waals surface area (Å²) in [6.07, 6.45) is 0. The number of hydrogen-bond acceptors (Lipinski definition) is 3. The molecule has 2 aromatic carbocycles. The SMILES string of the molecule is O=C(c1cccc(F)c1)N1CCN(CCOc2ccccc2F)CC1. The maximum absolute atomic E-state index is 13.5. The summed E-state index contributed by atoms with van der Waals surface area (Å²) in [4.78, 5) is 16.3. The highest BCUT2D eigenvalue weighted by Crippen LogP contribution is 2.15. The van der Waals surface area contributed by atoms with Gasteiger partial charge in [0.15, 0.2) is 11.6 Å². The minimum atomic E-state index is -0.408. The molecule has 3 rings (SSSR count). The number of ether oxygens (including phenoxy) is 1. The average Bonchev–Trinajstić information content (AvgIpc) is 2.63. The highest BCUT2D eigenvalue weighted by Gasteiger charge is 2.22. The van der Waals surface area contributed by atoms with E-state index in [4.69, 9.17) is 4.74 Å². The highest BCUT2D eigenvalue weighted by atomic mass is 19.1. The Labute approximate surface area is 145 Å². The van der Waals surface area contributed by atoms with E-state index in [1.54, 1.807) is 35.2 Å². The van der Waals surface area contributed by atoms with Crippen LogP contribution in [0.15, 0.2) is 48.5 Å². The van der Waals surface area contributed by atoms with E-state index >= 15 is 0 Å². The maximum atomic E-state index is 13.5. The molecule has 2 aromatic rings. The van der Waals surface area contributed by atoms with Gasteiger partial charge in [0, 0.05) is 38.3 Å². The number of hydrogen-bond donors (Lipinski definition) is 0. The normalized spacial score (nSPS) is 15.2. The monoisotopic (exact) mass is 346 g/mol. The Bertz CT molecular complexity index is 731. The Morgan fingerprint density at radius 1 is 1.00 bits per heavy atom. The predicted molar refractivity (Wildman–Crippen MR) is 90.6 cm³/mol. The molecule has 1 aliphatic rings. The molecule has 0 atom stereocenters. The molecule has 0 aliphatic carbocycles. The summed E-state index contributed by atoms with van der Waals surface area (Å²) in [5, 5.41) is 0. The lowest BCUT2D eigenvalue weighted by atomic mass is 10.1. The summed E-state index contributed by atoms with van der Waals surface area (Å²) in [5.41, 5.74) is 0.372. The van der Waals surface area contributed by atoms with E-state index in [2.05, 4.69) is 4.90 Å².